The van der Waals surface area contributed by atoms with Crippen molar-refractivity contribution in [3.05, 3.63) is 64.2 Å². The van der Waals surface area contributed by atoms with Gasteiger partial charge in [0.15, 0.2) is 0 Å². The van der Waals surface area contributed by atoms with Crippen LogP contribution in [0.3, 0.4) is 0 Å². The molecule has 0 aromatic heterocycles. The molecule has 1 spiro atoms. The molecule has 0 bridgehead atoms. The lowest BCUT2D eigenvalue weighted by atomic mass is 9.90. The number of aryl methyl sites for hydroxylation is 1. The monoisotopic (exact) mass is 426 g/mol. The van der Waals surface area contributed by atoms with Gasteiger partial charge in [-0.3, -0.25) is 4.79 Å². The van der Waals surface area contributed by atoms with Gasteiger partial charge in [-0.15, -0.1) is 0 Å². The van der Waals surface area contributed by atoms with Crippen LogP contribution in [0.2, 0.25) is 5.02 Å². The fourth-order valence-corrected chi connectivity index (χ4v) is 4.61. The van der Waals surface area contributed by atoms with Crippen molar-refractivity contribution >= 4 is 29.2 Å². The van der Waals surface area contributed by atoms with E-state index >= 15 is 0 Å². The first-order chi connectivity index (χ1) is 14.4. The number of halogens is 1. The number of fused-ring (bicyclic) bond motifs is 1. The molecule has 0 aliphatic carbocycles. The second-order valence-electron chi connectivity index (χ2n) is 8.02. The Hall–Kier alpha value is -2.73. The molecule has 0 atom stereocenters. The molecule has 0 unspecified atom stereocenters. The zero-order valence-corrected chi connectivity index (χ0v) is 18.1. The third-order valence-corrected chi connectivity index (χ3v) is 6.35. The van der Waals surface area contributed by atoms with E-state index in [0.717, 1.165) is 17.8 Å². The first kappa shape index (κ1) is 20.5. The van der Waals surface area contributed by atoms with Crippen molar-refractivity contribution < 1.29 is 9.59 Å². The number of carbonyl (C=O) groups is 2. The summed E-state index contributed by atoms with van der Waals surface area (Å²) < 4.78 is 0. The van der Waals surface area contributed by atoms with Gasteiger partial charge in [0.1, 0.15) is 5.66 Å². The predicted molar refractivity (Wildman–Crippen MR) is 119 cm³/mol. The number of anilines is 1. The van der Waals surface area contributed by atoms with Crippen LogP contribution < -0.4 is 15.5 Å². The van der Waals surface area contributed by atoms with Gasteiger partial charge in [0.2, 0.25) is 0 Å². The summed E-state index contributed by atoms with van der Waals surface area (Å²) in [6.07, 6.45) is 1.33. The molecule has 1 fully saturated rings. The fourth-order valence-electron chi connectivity index (χ4n) is 4.44. The van der Waals surface area contributed by atoms with Crippen LogP contribution in [0, 0.1) is 6.92 Å². The molecule has 4 rings (SSSR count). The largest absolute Gasteiger partial charge is 0.348 e. The Balaban J connectivity index is 1.43. The van der Waals surface area contributed by atoms with Crippen molar-refractivity contribution in [1.29, 1.82) is 0 Å². The minimum atomic E-state index is -0.489. The summed E-state index contributed by atoms with van der Waals surface area (Å²) >= 11 is 6.21. The summed E-state index contributed by atoms with van der Waals surface area (Å²) in [5.41, 5.74) is 3.30. The average molecular weight is 427 g/mol. The Morgan fingerprint density at radius 3 is 2.53 bits per heavy atom. The van der Waals surface area contributed by atoms with E-state index in [9.17, 15) is 9.59 Å². The van der Waals surface area contributed by atoms with E-state index in [2.05, 4.69) is 22.5 Å². The Morgan fingerprint density at radius 1 is 1.17 bits per heavy atom. The van der Waals surface area contributed by atoms with E-state index < -0.39 is 5.66 Å². The Kier molecular flexibility index (Phi) is 5.60. The van der Waals surface area contributed by atoms with Crippen LogP contribution >= 0.6 is 11.6 Å². The number of hydrogen-bond donors (Lipinski definition) is 2. The minimum Gasteiger partial charge on any atom is -0.348 e. The number of urea groups is 1. The van der Waals surface area contributed by atoms with Crippen molar-refractivity contribution in [1.82, 2.24) is 15.5 Å². The average Bonchev–Trinajstić information content (AvgIpc) is 2.74. The molecular formula is C23H27ClN4O2. The highest BCUT2D eigenvalue weighted by atomic mass is 35.5. The van der Waals surface area contributed by atoms with E-state index in [1.165, 1.54) is 5.56 Å². The summed E-state index contributed by atoms with van der Waals surface area (Å²) in [7, 11) is 0. The number of hydrogen-bond acceptors (Lipinski definition) is 3. The van der Waals surface area contributed by atoms with E-state index in [4.69, 9.17) is 11.6 Å². The summed E-state index contributed by atoms with van der Waals surface area (Å²) in [4.78, 5) is 29.5. The predicted octanol–water partition coefficient (Wildman–Crippen LogP) is 3.92. The molecule has 2 aromatic carbocycles. The molecule has 2 heterocycles. The van der Waals surface area contributed by atoms with Gasteiger partial charge < -0.3 is 20.4 Å². The van der Waals surface area contributed by atoms with E-state index in [-0.39, 0.29) is 11.9 Å². The number of rotatable bonds is 3. The van der Waals surface area contributed by atoms with Crippen molar-refractivity contribution in [2.24, 2.45) is 0 Å². The van der Waals surface area contributed by atoms with E-state index in [1.54, 1.807) is 12.1 Å². The highest BCUT2D eigenvalue weighted by molar-refractivity contribution is 6.31. The van der Waals surface area contributed by atoms with Crippen LogP contribution in [0.15, 0.2) is 42.5 Å². The van der Waals surface area contributed by atoms with Gasteiger partial charge in [-0.1, -0.05) is 41.4 Å². The molecule has 1 saturated heterocycles. The number of benzene rings is 2. The molecule has 0 saturated carbocycles. The molecular weight excluding hydrogens is 400 g/mol. The molecule has 0 radical (unpaired) electrons. The van der Waals surface area contributed by atoms with Gasteiger partial charge in [0.25, 0.3) is 5.91 Å². The first-order valence-corrected chi connectivity index (χ1v) is 10.8. The molecule has 2 aromatic rings. The third-order valence-electron chi connectivity index (χ3n) is 6.12. The zero-order chi connectivity index (χ0) is 21.3. The van der Waals surface area contributed by atoms with Gasteiger partial charge in [-0.05, 0) is 37.6 Å². The Labute approximate surface area is 182 Å². The van der Waals surface area contributed by atoms with Gasteiger partial charge in [0.05, 0.1) is 11.3 Å². The smallest absolute Gasteiger partial charge is 0.317 e. The van der Waals surface area contributed by atoms with Gasteiger partial charge in [-0.25, -0.2) is 4.79 Å². The SMILES string of the molecule is CCN1c2cc(Cl)ccc2C(=O)NC12CCN(C(=O)NCc1ccc(C)cc1)CC2. The molecule has 3 amide bonds. The zero-order valence-electron chi connectivity index (χ0n) is 17.4. The molecule has 158 valence electrons. The Morgan fingerprint density at radius 2 is 1.87 bits per heavy atom. The summed E-state index contributed by atoms with van der Waals surface area (Å²) in [5.74, 6) is -0.0800. The van der Waals surface area contributed by atoms with E-state index in [0.29, 0.717) is 43.1 Å². The number of nitrogens with zero attached hydrogens (tertiary/aromatic N) is 2. The highest BCUT2D eigenvalue weighted by Crippen LogP contribution is 2.38. The van der Waals surface area contributed by atoms with Crippen LogP contribution in [0.1, 0.15) is 41.3 Å². The summed E-state index contributed by atoms with van der Waals surface area (Å²) in [6, 6.07) is 13.5. The first-order valence-electron chi connectivity index (χ1n) is 10.4. The number of carbonyl (C=O) groups excluding carboxylic acids is 2. The maximum absolute atomic E-state index is 12.8. The van der Waals surface area contributed by atoms with Crippen LogP contribution in [-0.4, -0.2) is 42.1 Å². The lowest BCUT2D eigenvalue weighted by Gasteiger charge is -2.52. The van der Waals surface area contributed by atoms with Crippen molar-refractivity contribution in [2.75, 3.05) is 24.5 Å². The van der Waals surface area contributed by atoms with Crippen molar-refractivity contribution in [3.8, 4) is 0 Å². The fraction of sp³-hybridized carbons (Fsp3) is 0.391. The Bertz CT molecular complexity index is 952. The second kappa shape index (κ2) is 8.19. The van der Waals surface area contributed by atoms with E-state index in [1.807, 2.05) is 42.2 Å². The topological polar surface area (TPSA) is 64.7 Å². The number of piperidine rings is 1. The number of likely N-dealkylation sites (tertiary alicyclic amines) is 1. The maximum Gasteiger partial charge on any atom is 0.317 e. The molecule has 30 heavy (non-hydrogen) atoms. The minimum absolute atomic E-state index is 0.0703. The highest BCUT2D eigenvalue weighted by Gasteiger charge is 2.45. The number of nitrogens with one attached hydrogen (secondary N) is 2. The summed E-state index contributed by atoms with van der Waals surface area (Å²) in [6.45, 7) is 6.52. The van der Waals surface area contributed by atoms with Crippen LogP contribution in [0.5, 0.6) is 0 Å². The van der Waals surface area contributed by atoms with Crippen molar-refractivity contribution in [2.45, 2.75) is 38.9 Å². The van der Waals surface area contributed by atoms with Crippen LogP contribution in [0.4, 0.5) is 10.5 Å². The van der Waals surface area contributed by atoms with Gasteiger partial charge in [0, 0.05) is 44.0 Å². The van der Waals surface area contributed by atoms with Gasteiger partial charge in [-0.2, -0.15) is 0 Å². The normalized spacial score (nSPS) is 17.5. The molecule has 6 nitrogen and oxygen atoms in total. The van der Waals surface area contributed by atoms with Crippen molar-refractivity contribution in [3.63, 3.8) is 0 Å². The standard InChI is InChI=1S/C23H27ClN4O2/c1-3-28-20-14-18(24)8-9-19(20)21(29)26-23(28)10-12-27(13-11-23)22(30)25-15-17-6-4-16(2)5-7-17/h4-9,14H,3,10-13,15H2,1-2H3,(H,25,30)(H,26,29). The molecule has 2 N–H and O–H groups in total. The molecule has 2 aliphatic heterocycles. The lowest BCUT2D eigenvalue weighted by molar-refractivity contribution is 0.0802. The van der Waals surface area contributed by atoms with Gasteiger partial charge >= 0.3 is 6.03 Å². The molecule has 2 aliphatic rings. The number of amides is 3. The third kappa shape index (κ3) is 3.84. The lowest BCUT2D eigenvalue weighted by Crippen LogP contribution is -2.68. The van der Waals surface area contributed by atoms with Crippen LogP contribution in [-0.2, 0) is 6.54 Å². The second-order valence-corrected chi connectivity index (χ2v) is 8.46. The summed E-state index contributed by atoms with van der Waals surface area (Å²) in [5, 5.41) is 6.84. The molecule has 7 heteroatoms. The van der Waals surface area contributed by atoms with Crippen LogP contribution in [0.25, 0.3) is 0 Å². The maximum atomic E-state index is 12.8. The quantitative estimate of drug-likeness (QED) is 0.781.